The summed E-state index contributed by atoms with van der Waals surface area (Å²) in [6.45, 7) is 0.559. The summed E-state index contributed by atoms with van der Waals surface area (Å²) in [6.07, 6.45) is 2.18. The average molecular weight is 211 g/mol. The van der Waals surface area contributed by atoms with E-state index in [1.165, 1.54) is 0 Å². The third-order valence-electron chi connectivity index (χ3n) is 2.21. The number of aromatic nitrogens is 2. The molecule has 0 aliphatic carbocycles. The van der Waals surface area contributed by atoms with Crippen LogP contribution in [0.5, 0.6) is 0 Å². The molecule has 0 aliphatic rings. The van der Waals surface area contributed by atoms with Crippen LogP contribution in [0, 0.1) is 11.3 Å². The van der Waals surface area contributed by atoms with Crippen LogP contribution in [0.4, 0.5) is 0 Å². The lowest BCUT2D eigenvalue weighted by Crippen LogP contribution is -2.00. The second-order valence-corrected chi connectivity index (χ2v) is 3.34. The van der Waals surface area contributed by atoms with Gasteiger partial charge in [-0.05, 0) is 5.56 Å². The quantitative estimate of drug-likeness (QED) is 0.725. The molecule has 0 amide bonds. The largest absolute Gasteiger partial charge is 0.296 e. The summed E-state index contributed by atoms with van der Waals surface area (Å²) in [6, 6.07) is 11.7. The van der Waals surface area contributed by atoms with Gasteiger partial charge < -0.3 is 0 Å². The van der Waals surface area contributed by atoms with Gasteiger partial charge in [-0.2, -0.15) is 10.4 Å². The van der Waals surface area contributed by atoms with Gasteiger partial charge in [-0.25, -0.2) is 0 Å². The van der Waals surface area contributed by atoms with E-state index >= 15 is 0 Å². The van der Waals surface area contributed by atoms with E-state index in [0.717, 1.165) is 5.56 Å². The fourth-order valence-corrected chi connectivity index (χ4v) is 1.46. The van der Waals surface area contributed by atoms with Crippen molar-refractivity contribution in [1.82, 2.24) is 9.78 Å². The first-order valence-electron chi connectivity index (χ1n) is 4.80. The van der Waals surface area contributed by atoms with E-state index in [9.17, 15) is 4.79 Å². The van der Waals surface area contributed by atoms with Gasteiger partial charge in [0.2, 0.25) is 0 Å². The SMILES string of the molecule is N#Cc1cn(Cc2ccccc2)nc1C=O. The molecule has 4 nitrogen and oxygen atoms in total. The number of hydrogen-bond acceptors (Lipinski definition) is 3. The van der Waals surface area contributed by atoms with Crippen LogP contribution in [-0.4, -0.2) is 16.1 Å². The van der Waals surface area contributed by atoms with Gasteiger partial charge in [-0.15, -0.1) is 0 Å². The number of carbonyl (C=O) groups excluding carboxylic acids is 1. The Balaban J connectivity index is 2.27. The highest BCUT2D eigenvalue weighted by molar-refractivity contribution is 5.75. The summed E-state index contributed by atoms with van der Waals surface area (Å²) in [5, 5.41) is 12.8. The van der Waals surface area contributed by atoms with Crippen molar-refractivity contribution < 1.29 is 4.79 Å². The highest BCUT2D eigenvalue weighted by Gasteiger charge is 2.07. The lowest BCUT2D eigenvalue weighted by Gasteiger charge is -2.00. The Morgan fingerprint density at radius 2 is 2.12 bits per heavy atom. The Bertz CT molecular complexity index is 537. The standard InChI is InChI=1S/C12H9N3O/c13-6-11-8-15(14-12(11)9-16)7-10-4-2-1-3-5-10/h1-5,8-9H,7H2. The van der Waals surface area contributed by atoms with Crippen LogP contribution in [0.3, 0.4) is 0 Å². The van der Waals surface area contributed by atoms with Crippen LogP contribution < -0.4 is 0 Å². The van der Waals surface area contributed by atoms with Gasteiger partial charge in [-0.1, -0.05) is 30.3 Å². The third kappa shape index (κ3) is 1.98. The second-order valence-electron chi connectivity index (χ2n) is 3.34. The molecule has 1 aromatic carbocycles. The van der Waals surface area contributed by atoms with Crippen molar-refractivity contribution in [2.24, 2.45) is 0 Å². The summed E-state index contributed by atoms with van der Waals surface area (Å²) >= 11 is 0. The Morgan fingerprint density at radius 1 is 1.38 bits per heavy atom. The number of nitrogens with zero attached hydrogens (tertiary/aromatic N) is 3. The molecule has 0 N–H and O–H groups in total. The molecule has 0 saturated heterocycles. The fraction of sp³-hybridized carbons (Fsp3) is 0.0833. The minimum Gasteiger partial charge on any atom is -0.296 e. The number of rotatable bonds is 3. The zero-order valence-corrected chi connectivity index (χ0v) is 8.50. The minimum absolute atomic E-state index is 0.193. The monoisotopic (exact) mass is 211 g/mol. The molecule has 0 atom stereocenters. The van der Waals surface area contributed by atoms with Gasteiger partial charge in [0.15, 0.2) is 6.29 Å². The number of nitriles is 1. The predicted molar refractivity (Wildman–Crippen MR) is 57.9 cm³/mol. The Labute approximate surface area is 92.7 Å². The van der Waals surface area contributed by atoms with Gasteiger partial charge in [0.05, 0.1) is 6.54 Å². The van der Waals surface area contributed by atoms with Crippen molar-refractivity contribution in [3.05, 3.63) is 53.3 Å². The zero-order chi connectivity index (χ0) is 11.4. The zero-order valence-electron chi connectivity index (χ0n) is 8.50. The fourth-order valence-electron chi connectivity index (χ4n) is 1.46. The molecule has 0 fully saturated rings. The Hall–Kier alpha value is -2.41. The molecule has 2 aromatic rings. The normalized spacial score (nSPS) is 9.69. The number of aldehydes is 1. The molecule has 2 rings (SSSR count). The highest BCUT2D eigenvalue weighted by atomic mass is 16.1. The van der Waals surface area contributed by atoms with Gasteiger partial charge in [0.25, 0.3) is 0 Å². The van der Waals surface area contributed by atoms with E-state index in [2.05, 4.69) is 5.10 Å². The van der Waals surface area contributed by atoms with Crippen LogP contribution in [-0.2, 0) is 6.54 Å². The molecule has 0 saturated carbocycles. The maximum Gasteiger partial charge on any atom is 0.171 e. The van der Waals surface area contributed by atoms with Crippen molar-refractivity contribution in [1.29, 1.82) is 5.26 Å². The summed E-state index contributed by atoms with van der Waals surface area (Å²) < 4.78 is 1.59. The van der Waals surface area contributed by atoms with E-state index in [0.29, 0.717) is 18.4 Å². The smallest absolute Gasteiger partial charge is 0.171 e. The summed E-state index contributed by atoms with van der Waals surface area (Å²) in [4.78, 5) is 10.6. The van der Waals surface area contributed by atoms with Crippen LogP contribution in [0.15, 0.2) is 36.5 Å². The van der Waals surface area contributed by atoms with Crippen molar-refractivity contribution in [2.45, 2.75) is 6.54 Å². The van der Waals surface area contributed by atoms with Gasteiger partial charge >= 0.3 is 0 Å². The van der Waals surface area contributed by atoms with Crippen molar-refractivity contribution in [2.75, 3.05) is 0 Å². The first-order valence-corrected chi connectivity index (χ1v) is 4.80. The minimum atomic E-state index is 0.193. The molecule has 1 aromatic heterocycles. The van der Waals surface area contributed by atoms with E-state index in [1.807, 2.05) is 36.4 Å². The highest BCUT2D eigenvalue weighted by Crippen LogP contribution is 2.06. The Kier molecular flexibility index (Phi) is 2.79. The first kappa shape index (κ1) is 10.1. The summed E-state index contributed by atoms with van der Waals surface area (Å²) in [5.74, 6) is 0. The molecule has 1 heterocycles. The van der Waals surface area contributed by atoms with Crippen molar-refractivity contribution in [3.63, 3.8) is 0 Å². The van der Waals surface area contributed by atoms with E-state index in [-0.39, 0.29) is 5.69 Å². The van der Waals surface area contributed by atoms with E-state index in [4.69, 9.17) is 5.26 Å². The predicted octanol–water partition coefficient (Wildman–Crippen LogP) is 1.62. The van der Waals surface area contributed by atoms with Gasteiger partial charge in [-0.3, -0.25) is 9.48 Å². The molecule has 78 valence electrons. The van der Waals surface area contributed by atoms with E-state index in [1.54, 1.807) is 10.9 Å². The molecular weight excluding hydrogens is 202 g/mol. The van der Waals surface area contributed by atoms with Crippen LogP contribution in [0.2, 0.25) is 0 Å². The van der Waals surface area contributed by atoms with Gasteiger partial charge in [0.1, 0.15) is 17.3 Å². The maximum atomic E-state index is 10.6. The second kappa shape index (κ2) is 4.41. The topological polar surface area (TPSA) is 58.7 Å². The molecule has 0 bridgehead atoms. The molecule has 16 heavy (non-hydrogen) atoms. The molecule has 0 unspecified atom stereocenters. The van der Waals surface area contributed by atoms with Crippen molar-refractivity contribution in [3.8, 4) is 6.07 Å². The van der Waals surface area contributed by atoms with Crippen LogP contribution in [0.25, 0.3) is 0 Å². The Morgan fingerprint density at radius 3 is 2.69 bits per heavy atom. The summed E-state index contributed by atoms with van der Waals surface area (Å²) in [5.41, 5.74) is 1.58. The van der Waals surface area contributed by atoms with E-state index < -0.39 is 0 Å². The van der Waals surface area contributed by atoms with Crippen molar-refractivity contribution >= 4 is 6.29 Å². The van der Waals surface area contributed by atoms with Crippen LogP contribution >= 0.6 is 0 Å². The first-order chi connectivity index (χ1) is 7.83. The molecule has 0 spiro atoms. The maximum absolute atomic E-state index is 10.6. The number of hydrogen-bond donors (Lipinski definition) is 0. The lowest BCUT2D eigenvalue weighted by atomic mass is 10.2. The summed E-state index contributed by atoms with van der Waals surface area (Å²) in [7, 11) is 0. The number of benzene rings is 1. The lowest BCUT2D eigenvalue weighted by molar-refractivity contribution is 0.111. The third-order valence-corrected chi connectivity index (χ3v) is 2.21. The van der Waals surface area contributed by atoms with Crippen LogP contribution in [0.1, 0.15) is 21.6 Å². The molecular formula is C12H9N3O. The number of carbonyl (C=O) groups is 1. The molecule has 0 aliphatic heterocycles. The molecule has 0 radical (unpaired) electrons. The average Bonchev–Trinajstić information content (AvgIpc) is 2.72. The van der Waals surface area contributed by atoms with Gasteiger partial charge in [0, 0.05) is 6.20 Å². The molecule has 4 heteroatoms.